The van der Waals surface area contributed by atoms with E-state index in [4.69, 9.17) is 5.11 Å². The molecule has 0 radical (unpaired) electrons. The molecular weight excluding hydrogens is 268 g/mol. The molecule has 0 aliphatic carbocycles. The first-order valence-electron chi connectivity index (χ1n) is 5.68. The van der Waals surface area contributed by atoms with E-state index in [-0.39, 0.29) is 16.5 Å². The molecule has 0 saturated heterocycles. The largest absolute Gasteiger partial charge is 0.478 e. The lowest BCUT2D eigenvalue weighted by atomic mass is 10.1. The van der Waals surface area contributed by atoms with Gasteiger partial charge in [0, 0.05) is 23.1 Å². The monoisotopic (exact) mass is 282 g/mol. The highest BCUT2D eigenvalue weighted by molar-refractivity contribution is 7.89. The SMILES string of the molecule is CC(C)NS(=O)(=O)c1cc(C(=O)O)cc2[nH]ccc12. The third kappa shape index (κ3) is 2.61. The van der Waals surface area contributed by atoms with E-state index in [0.29, 0.717) is 10.9 Å². The maximum atomic E-state index is 12.2. The normalized spacial score (nSPS) is 12.2. The van der Waals surface area contributed by atoms with Gasteiger partial charge >= 0.3 is 5.97 Å². The maximum absolute atomic E-state index is 12.2. The number of aromatic carboxylic acids is 1. The Morgan fingerprint density at radius 2 is 2.05 bits per heavy atom. The van der Waals surface area contributed by atoms with Gasteiger partial charge in [0.25, 0.3) is 0 Å². The van der Waals surface area contributed by atoms with E-state index in [1.165, 1.54) is 12.1 Å². The summed E-state index contributed by atoms with van der Waals surface area (Å²) in [4.78, 5) is 13.8. The smallest absolute Gasteiger partial charge is 0.335 e. The van der Waals surface area contributed by atoms with E-state index in [2.05, 4.69) is 9.71 Å². The number of nitrogens with one attached hydrogen (secondary N) is 2. The van der Waals surface area contributed by atoms with Gasteiger partial charge in [-0.2, -0.15) is 0 Å². The molecule has 6 nitrogen and oxygen atoms in total. The Morgan fingerprint density at radius 1 is 1.37 bits per heavy atom. The Kier molecular flexibility index (Phi) is 3.34. The molecule has 0 atom stereocenters. The van der Waals surface area contributed by atoms with Gasteiger partial charge in [0.05, 0.1) is 10.5 Å². The van der Waals surface area contributed by atoms with E-state index >= 15 is 0 Å². The molecule has 1 aromatic heterocycles. The van der Waals surface area contributed by atoms with Crippen LogP contribution in [0.25, 0.3) is 10.9 Å². The van der Waals surface area contributed by atoms with Crippen molar-refractivity contribution >= 4 is 26.9 Å². The number of benzene rings is 1. The quantitative estimate of drug-likeness (QED) is 0.792. The first-order chi connectivity index (χ1) is 8.81. The Bertz CT molecular complexity index is 731. The number of hydrogen-bond acceptors (Lipinski definition) is 3. The van der Waals surface area contributed by atoms with Crippen LogP contribution >= 0.6 is 0 Å². The molecule has 1 heterocycles. The Balaban J connectivity index is 2.71. The molecule has 0 spiro atoms. The maximum Gasteiger partial charge on any atom is 0.335 e. The van der Waals surface area contributed by atoms with Crippen LogP contribution in [0.15, 0.2) is 29.3 Å². The number of H-pyrrole nitrogens is 1. The van der Waals surface area contributed by atoms with Crippen molar-refractivity contribution in [1.29, 1.82) is 0 Å². The first-order valence-corrected chi connectivity index (χ1v) is 7.16. The number of carbonyl (C=O) groups is 1. The van der Waals surface area contributed by atoms with Crippen LogP contribution < -0.4 is 4.72 Å². The van der Waals surface area contributed by atoms with Crippen LogP contribution in [0.4, 0.5) is 0 Å². The van der Waals surface area contributed by atoms with Gasteiger partial charge in [-0.15, -0.1) is 0 Å². The number of fused-ring (bicyclic) bond motifs is 1. The van der Waals surface area contributed by atoms with Gasteiger partial charge in [-0.1, -0.05) is 0 Å². The zero-order valence-corrected chi connectivity index (χ0v) is 11.3. The fourth-order valence-electron chi connectivity index (χ4n) is 1.85. The second-order valence-corrected chi connectivity index (χ2v) is 6.18. The highest BCUT2D eigenvalue weighted by Crippen LogP contribution is 2.24. The summed E-state index contributed by atoms with van der Waals surface area (Å²) in [5.74, 6) is -1.17. The summed E-state index contributed by atoms with van der Waals surface area (Å²) < 4.78 is 26.9. The van der Waals surface area contributed by atoms with Gasteiger partial charge < -0.3 is 10.1 Å². The standard InChI is InChI=1S/C12H14N2O4S/c1-7(2)14-19(17,18)11-6-8(12(15)16)5-10-9(11)3-4-13-10/h3-7,13-14H,1-2H3,(H,15,16). The molecule has 102 valence electrons. The van der Waals surface area contributed by atoms with Gasteiger partial charge in [-0.3, -0.25) is 0 Å². The molecule has 19 heavy (non-hydrogen) atoms. The topological polar surface area (TPSA) is 99.3 Å². The van der Waals surface area contributed by atoms with Gasteiger partial charge in [-0.05, 0) is 32.0 Å². The van der Waals surface area contributed by atoms with E-state index in [9.17, 15) is 13.2 Å². The number of sulfonamides is 1. The fourth-order valence-corrected chi connectivity index (χ4v) is 3.35. The molecule has 2 aromatic rings. The minimum Gasteiger partial charge on any atom is -0.478 e. The van der Waals surface area contributed by atoms with Crippen LogP contribution in [0.1, 0.15) is 24.2 Å². The zero-order chi connectivity index (χ0) is 14.2. The molecular formula is C12H14N2O4S. The van der Waals surface area contributed by atoms with Crippen LogP contribution in [-0.4, -0.2) is 30.5 Å². The predicted molar refractivity (Wildman–Crippen MR) is 70.7 cm³/mol. The highest BCUT2D eigenvalue weighted by atomic mass is 32.2. The van der Waals surface area contributed by atoms with Crippen LogP contribution in [0, 0.1) is 0 Å². The van der Waals surface area contributed by atoms with Crippen molar-refractivity contribution in [3.05, 3.63) is 30.0 Å². The minimum absolute atomic E-state index is 0.0302. The molecule has 0 fully saturated rings. The first kappa shape index (κ1) is 13.6. The van der Waals surface area contributed by atoms with Crippen LogP contribution in [0.2, 0.25) is 0 Å². The second-order valence-electron chi connectivity index (χ2n) is 4.49. The van der Waals surface area contributed by atoms with Crippen LogP contribution in [0.5, 0.6) is 0 Å². The predicted octanol–water partition coefficient (Wildman–Crippen LogP) is 1.55. The average molecular weight is 282 g/mol. The van der Waals surface area contributed by atoms with Gasteiger partial charge in [0.15, 0.2) is 0 Å². The summed E-state index contributed by atoms with van der Waals surface area (Å²) >= 11 is 0. The van der Waals surface area contributed by atoms with E-state index in [1.807, 2.05) is 0 Å². The molecule has 1 aromatic carbocycles. The molecule has 0 bridgehead atoms. The van der Waals surface area contributed by atoms with Gasteiger partial charge in [-0.25, -0.2) is 17.9 Å². The lowest BCUT2D eigenvalue weighted by Crippen LogP contribution is -2.30. The molecule has 0 saturated carbocycles. The number of aromatic nitrogens is 1. The summed E-state index contributed by atoms with van der Waals surface area (Å²) in [5.41, 5.74) is 0.406. The van der Waals surface area contributed by atoms with Crippen molar-refractivity contribution in [1.82, 2.24) is 9.71 Å². The lowest BCUT2D eigenvalue weighted by molar-refractivity contribution is 0.0697. The van der Waals surface area contributed by atoms with Gasteiger partial charge in [0.2, 0.25) is 10.0 Å². The number of carboxylic acids is 1. The molecule has 2 rings (SSSR count). The summed E-state index contributed by atoms with van der Waals surface area (Å²) in [5, 5.41) is 9.50. The van der Waals surface area contributed by atoms with E-state index in [0.717, 1.165) is 0 Å². The molecule has 7 heteroatoms. The number of aromatic amines is 1. The highest BCUT2D eigenvalue weighted by Gasteiger charge is 2.21. The molecule has 0 amide bonds. The molecule has 0 aliphatic rings. The summed E-state index contributed by atoms with van der Waals surface area (Å²) in [6, 6.07) is 3.91. The number of hydrogen-bond donors (Lipinski definition) is 3. The van der Waals surface area contributed by atoms with Crippen molar-refractivity contribution in [3.63, 3.8) is 0 Å². The third-order valence-electron chi connectivity index (χ3n) is 2.56. The fraction of sp³-hybridized carbons (Fsp3) is 0.250. The van der Waals surface area contributed by atoms with Crippen molar-refractivity contribution in [2.45, 2.75) is 24.8 Å². The number of rotatable bonds is 4. The van der Waals surface area contributed by atoms with Crippen molar-refractivity contribution in [2.24, 2.45) is 0 Å². The molecule has 0 unspecified atom stereocenters. The molecule has 0 aliphatic heterocycles. The summed E-state index contributed by atoms with van der Waals surface area (Å²) in [6.45, 7) is 3.40. The minimum atomic E-state index is -3.75. The lowest BCUT2D eigenvalue weighted by Gasteiger charge is -2.11. The van der Waals surface area contributed by atoms with Crippen molar-refractivity contribution in [2.75, 3.05) is 0 Å². The second kappa shape index (κ2) is 4.67. The van der Waals surface area contributed by atoms with Gasteiger partial charge in [0.1, 0.15) is 0 Å². The summed E-state index contributed by atoms with van der Waals surface area (Å²) in [7, 11) is -3.75. The Labute approximate surface area is 110 Å². The average Bonchev–Trinajstić information content (AvgIpc) is 2.72. The van der Waals surface area contributed by atoms with Crippen LogP contribution in [-0.2, 0) is 10.0 Å². The van der Waals surface area contributed by atoms with E-state index in [1.54, 1.807) is 26.1 Å². The summed E-state index contributed by atoms with van der Waals surface area (Å²) in [6.07, 6.45) is 1.57. The zero-order valence-electron chi connectivity index (χ0n) is 10.5. The Morgan fingerprint density at radius 3 is 2.63 bits per heavy atom. The van der Waals surface area contributed by atoms with E-state index < -0.39 is 16.0 Å². The van der Waals surface area contributed by atoms with Crippen LogP contribution in [0.3, 0.4) is 0 Å². The number of carboxylic acid groups (broad SMARTS) is 1. The van der Waals surface area contributed by atoms with Crippen molar-refractivity contribution in [3.8, 4) is 0 Å². The Hall–Kier alpha value is -1.86. The molecule has 3 N–H and O–H groups in total. The third-order valence-corrected chi connectivity index (χ3v) is 4.26. The van der Waals surface area contributed by atoms with Crippen molar-refractivity contribution < 1.29 is 18.3 Å².